The molecular weight excluding hydrogens is 392 g/mol. The van der Waals surface area contributed by atoms with Crippen molar-refractivity contribution in [1.29, 1.82) is 0 Å². The van der Waals surface area contributed by atoms with Crippen molar-refractivity contribution in [3.63, 3.8) is 0 Å². The molecule has 0 radical (unpaired) electrons. The monoisotopic (exact) mass is 408 g/mol. The lowest BCUT2D eigenvalue weighted by atomic mass is 10.1. The number of aromatic nitrogens is 2. The summed E-state index contributed by atoms with van der Waals surface area (Å²) in [6, 6.07) is 1.54. The summed E-state index contributed by atoms with van der Waals surface area (Å²) in [4.78, 5) is 43.4. The van der Waals surface area contributed by atoms with Crippen molar-refractivity contribution >= 4 is 33.7 Å². The minimum absolute atomic E-state index is 0.171. The standard InChI is InChI=1S/C17H17BrN2O5/c1-4-24-17(23)15-10(3)20-9(2)14(15)13(21)8-25-16(22)11-5-12(18)7-19-6-11/h5-7,20H,4,8H2,1-3H3. The first kappa shape index (κ1) is 18.9. The second kappa shape index (κ2) is 8.06. The van der Waals surface area contributed by atoms with E-state index in [2.05, 4.69) is 25.9 Å². The molecule has 0 aromatic carbocycles. The molecule has 0 bridgehead atoms. The van der Waals surface area contributed by atoms with Crippen LogP contribution in [0.4, 0.5) is 0 Å². The normalized spacial score (nSPS) is 10.4. The van der Waals surface area contributed by atoms with E-state index in [1.165, 1.54) is 18.5 Å². The highest BCUT2D eigenvalue weighted by molar-refractivity contribution is 9.10. The molecule has 132 valence electrons. The van der Waals surface area contributed by atoms with E-state index in [1.54, 1.807) is 20.8 Å². The first-order valence-corrected chi connectivity index (χ1v) is 8.31. The summed E-state index contributed by atoms with van der Waals surface area (Å²) in [5, 5.41) is 0. The first-order chi connectivity index (χ1) is 11.8. The largest absolute Gasteiger partial charge is 0.462 e. The molecule has 0 atom stereocenters. The lowest BCUT2D eigenvalue weighted by Crippen LogP contribution is -2.18. The molecule has 7 nitrogen and oxygen atoms in total. The molecule has 0 aliphatic carbocycles. The van der Waals surface area contributed by atoms with E-state index < -0.39 is 24.3 Å². The van der Waals surface area contributed by atoms with Gasteiger partial charge >= 0.3 is 11.9 Å². The van der Waals surface area contributed by atoms with Gasteiger partial charge in [0.2, 0.25) is 5.78 Å². The van der Waals surface area contributed by atoms with E-state index in [-0.39, 0.29) is 23.3 Å². The van der Waals surface area contributed by atoms with E-state index in [4.69, 9.17) is 9.47 Å². The lowest BCUT2D eigenvalue weighted by Gasteiger charge is -2.07. The van der Waals surface area contributed by atoms with E-state index in [9.17, 15) is 14.4 Å². The fourth-order valence-corrected chi connectivity index (χ4v) is 2.76. The summed E-state index contributed by atoms with van der Waals surface area (Å²) >= 11 is 3.21. The van der Waals surface area contributed by atoms with Gasteiger partial charge < -0.3 is 14.5 Å². The molecule has 0 unspecified atom stereocenters. The Balaban J connectivity index is 2.16. The van der Waals surface area contributed by atoms with Gasteiger partial charge in [-0.15, -0.1) is 0 Å². The number of carbonyl (C=O) groups excluding carboxylic acids is 3. The highest BCUT2D eigenvalue weighted by atomic mass is 79.9. The summed E-state index contributed by atoms with van der Waals surface area (Å²) < 4.78 is 10.7. The maximum Gasteiger partial charge on any atom is 0.340 e. The van der Waals surface area contributed by atoms with Crippen molar-refractivity contribution in [1.82, 2.24) is 9.97 Å². The van der Waals surface area contributed by atoms with E-state index in [0.717, 1.165) is 0 Å². The summed E-state index contributed by atoms with van der Waals surface area (Å²) in [7, 11) is 0. The number of carbonyl (C=O) groups is 3. The number of rotatable bonds is 6. The maximum absolute atomic E-state index is 12.5. The maximum atomic E-state index is 12.5. The number of hydrogen-bond acceptors (Lipinski definition) is 6. The molecule has 0 saturated carbocycles. The zero-order chi connectivity index (χ0) is 18.6. The Morgan fingerprint density at radius 2 is 1.76 bits per heavy atom. The summed E-state index contributed by atoms with van der Waals surface area (Å²) in [6.45, 7) is 4.73. The van der Waals surface area contributed by atoms with Gasteiger partial charge in [-0.2, -0.15) is 0 Å². The van der Waals surface area contributed by atoms with Crippen molar-refractivity contribution in [2.75, 3.05) is 13.2 Å². The smallest absolute Gasteiger partial charge is 0.340 e. The number of pyridine rings is 1. The van der Waals surface area contributed by atoms with Crippen molar-refractivity contribution in [3.8, 4) is 0 Å². The molecule has 8 heteroatoms. The Morgan fingerprint density at radius 1 is 1.08 bits per heavy atom. The molecule has 2 rings (SSSR count). The average molecular weight is 409 g/mol. The van der Waals surface area contributed by atoms with Crippen LogP contribution in [-0.4, -0.2) is 40.9 Å². The van der Waals surface area contributed by atoms with Crippen LogP contribution in [0.15, 0.2) is 22.9 Å². The fraction of sp³-hybridized carbons (Fsp3) is 0.294. The van der Waals surface area contributed by atoms with Crippen molar-refractivity contribution < 1.29 is 23.9 Å². The van der Waals surface area contributed by atoms with Crippen molar-refractivity contribution in [2.24, 2.45) is 0 Å². The van der Waals surface area contributed by atoms with Crippen LogP contribution in [0.5, 0.6) is 0 Å². The van der Waals surface area contributed by atoms with Gasteiger partial charge in [0, 0.05) is 28.3 Å². The van der Waals surface area contributed by atoms with Gasteiger partial charge in [-0.1, -0.05) is 0 Å². The molecular formula is C17H17BrN2O5. The molecule has 0 aliphatic heterocycles. The molecule has 2 aromatic rings. The van der Waals surface area contributed by atoms with Crippen LogP contribution in [0, 0.1) is 13.8 Å². The molecule has 2 heterocycles. The predicted molar refractivity (Wildman–Crippen MR) is 92.8 cm³/mol. The van der Waals surface area contributed by atoms with Crippen LogP contribution in [0.3, 0.4) is 0 Å². The number of nitrogens with one attached hydrogen (secondary N) is 1. The minimum atomic E-state index is -0.676. The summed E-state index contributed by atoms with van der Waals surface area (Å²) in [5.41, 5.74) is 1.61. The number of ketones is 1. The van der Waals surface area contributed by atoms with E-state index in [0.29, 0.717) is 15.9 Å². The van der Waals surface area contributed by atoms with Gasteiger partial charge in [0.15, 0.2) is 6.61 Å². The molecule has 0 amide bonds. The molecule has 0 spiro atoms. The number of ether oxygens (including phenoxy) is 2. The quantitative estimate of drug-likeness (QED) is 0.582. The number of aromatic amines is 1. The Bertz CT molecular complexity index is 828. The van der Waals surface area contributed by atoms with Crippen molar-refractivity contribution in [2.45, 2.75) is 20.8 Å². The zero-order valence-corrected chi connectivity index (χ0v) is 15.6. The topological polar surface area (TPSA) is 98.4 Å². The van der Waals surface area contributed by atoms with Crippen LogP contribution in [0.1, 0.15) is 49.4 Å². The third-order valence-electron chi connectivity index (χ3n) is 3.41. The molecule has 2 aromatic heterocycles. The minimum Gasteiger partial charge on any atom is -0.462 e. The average Bonchev–Trinajstić information content (AvgIpc) is 2.86. The van der Waals surface area contributed by atoms with Gasteiger partial charge in [-0.3, -0.25) is 9.78 Å². The fourth-order valence-electron chi connectivity index (χ4n) is 2.40. The van der Waals surface area contributed by atoms with Gasteiger partial charge in [0.1, 0.15) is 0 Å². The second-order valence-corrected chi connectivity index (χ2v) is 6.15. The molecule has 0 saturated heterocycles. The van der Waals surface area contributed by atoms with Crippen molar-refractivity contribution in [3.05, 3.63) is 51.0 Å². The molecule has 0 aliphatic rings. The number of esters is 2. The van der Waals surface area contributed by atoms with Gasteiger partial charge in [-0.25, -0.2) is 9.59 Å². The lowest BCUT2D eigenvalue weighted by molar-refractivity contribution is 0.0471. The van der Waals surface area contributed by atoms with Gasteiger partial charge in [0.25, 0.3) is 0 Å². The third kappa shape index (κ3) is 4.33. The van der Waals surface area contributed by atoms with Crippen LogP contribution in [-0.2, 0) is 9.47 Å². The van der Waals surface area contributed by atoms with Crippen LogP contribution >= 0.6 is 15.9 Å². The van der Waals surface area contributed by atoms with Crippen LogP contribution < -0.4 is 0 Å². The highest BCUT2D eigenvalue weighted by Crippen LogP contribution is 2.20. The van der Waals surface area contributed by atoms with Crippen LogP contribution in [0.2, 0.25) is 0 Å². The van der Waals surface area contributed by atoms with Gasteiger partial charge in [0.05, 0.1) is 23.3 Å². The Hall–Kier alpha value is -2.48. The zero-order valence-electron chi connectivity index (χ0n) is 14.0. The Morgan fingerprint density at radius 3 is 2.40 bits per heavy atom. The second-order valence-electron chi connectivity index (χ2n) is 5.24. The number of halogens is 1. The molecule has 25 heavy (non-hydrogen) atoms. The number of Topliss-reactive ketones (excluding diaryl/α,β-unsaturated/α-hetero) is 1. The first-order valence-electron chi connectivity index (χ1n) is 7.52. The number of nitrogens with zero attached hydrogens (tertiary/aromatic N) is 1. The third-order valence-corrected chi connectivity index (χ3v) is 3.84. The number of hydrogen-bond donors (Lipinski definition) is 1. The number of H-pyrrole nitrogens is 1. The van der Waals surface area contributed by atoms with Gasteiger partial charge in [-0.05, 0) is 42.8 Å². The predicted octanol–water partition coefficient (Wildman–Crippen LogP) is 3.01. The Kier molecular flexibility index (Phi) is 6.08. The number of aryl methyl sites for hydroxylation is 2. The molecule has 0 fully saturated rings. The van der Waals surface area contributed by atoms with E-state index in [1.807, 2.05) is 0 Å². The summed E-state index contributed by atoms with van der Waals surface area (Å²) in [6.07, 6.45) is 2.87. The summed E-state index contributed by atoms with van der Waals surface area (Å²) in [5.74, 6) is -1.75. The SMILES string of the molecule is CCOC(=O)c1c(C)[nH]c(C)c1C(=O)COC(=O)c1cncc(Br)c1. The van der Waals surface area contributed by atoms with E-state index >= 15 is 0 Å². The highest BCUT2D eigenvalue weighted by Gasteiger charge is 2.26. The molecule has 1 N–H and O–H groups in total. The Labute approximate surface area is 152 Å². The van der Waals surface area contributed by atoms with Crippen LogP contribution in [0.25, 0.3) is 0 Å².